The summed E-state index contributed by atoms with van der Waals surface area (Å²) in [6, 6.07) is 0. The third kappa shape index (κ3) is 22.7. The molecule has 0 aliphatic carbocycles. The van der Waals surface area contributed by atoms with Crippen LogP contribution in [0.5, 0.6) is 0 Å². The van der Waals surface area contributed by atoms with Crippen LogP contribution in [0.4, 0.5) is 0 Å². The zero-order valence-electron chi connectivity index (χ0n) is 12.0. The molecule has 0 spiro atoms. The van der Waals surface area contributed by atoms with Gasteiger partial charge in [-0.1, -0.05) is 6.58 Å². The summed E-state index contributed by atoms with van der Waals surface area (Å²) in [5.41, 5.74) is 0. The molecule has 6 heteroatoms. The second kappa shape index (κ2) is 15.1. The van der Waals surface area contributed by atoms with Crippen molar-refractivity contribution in [3.05, 3.63) is 12.7 Å². The summed E-state index contributed by atoms with van der Waals surface area (Å²) in [5.74, 6) is -0.384. The molecule has 0 amide bonds. The summed E-state index contributed by atoms with van der Waals surface area (Å²) in [4.78, 5) is 10.3. The van der Waals surface area contributed by atoms with Gasteiger partial charge in [-0.3, -0.25) is 0 Å². The fourth-order valence-electron chi connectivity index (χ4n) is 0.602. The van der Waals surface area contributed by atoms with Gasteiger partial charge in [0.15, 0.2) is 0 Å². The van der Waals surface area contributed by atoms with Crippen LogP contribution < -0.4 is 0 Å². The third-order valence-electron chi connectivity index (χ3n) is 1.65. The molecule has 6 nitrogen and oxygen atoms in total. The standard InChI is InChI=1S/C6H8O3.C4H10O.C3H8O2/c1-2-6(7)9-4-5-3-8-5;1-3-5-4-2;1-3(5)2-4/h2,5H,1,3-4H2;3-4H2,1-2H3;3-5H,2H2,1H3. The Morgan fingerprint density at radius 3 is 2.21 bits per heavy atom. The molecule has 2 unspecified atom stereocenters. The Morgan fingerprint density at radius 2 is 2.00 bits per heavy atom. The van der Waals surface area contributed by atoms with Crippen molar-refractivity contribution in [2.24, 2.45) is 0 Å². The molecule has 1 aliphatic heterocycles. The molecular weight excluding hydrogens is 252 g/mol. The molecule has 0 bridgehead atoms. The smallest absolute Gasteiger partial charge is 0.330 e. The molecule has 2 N–H and O–H groups in total. The number of hydrogen-bond acceptors (Lipinski definition) is 6. The molecule has 0 aromatic heterocycles. The van der Waals surface area contributed by atoms with E-state index in [9.17, 15) is 4.79 Å². The Kier molecular flexibility index (Phi) is 16.2. The molecule has 1 aliphatic rings. The highest BCUT2D eigenvalue weighted by molar-refractivity contribution is 5.81. The number of carbonyl (C=O) groups excluding carboxylic acids is 1. The molecule has 1 fully saturated rings. The Bertz CT molecular complexity index is 211. The molecule has 19 heavy (non-hydrogen) atoms. The van der Waals surface area contributed by atoms with E-state index in [0.717, 1.165) is 19.3 Å². The van der Waals surface area contributed by atoms with Crippen molar-refractivity contribution < 1.29 is 29.2 Å². The zero-order valence-corrected chi connectivity index (χ0v) is 12.0. The highest BCUT2D eigenvalue weighted by atomic mass is 16.6. The first kappa shape index (κ1) is 20.4. The lowest BCUT2D eigenvalue weighted by molar-refractivity contribution is -0.138. The second-order valence-corrected chi connectivity index (χ2v) is 3.60. The van der Waals surface area contributed by atoms with Gasteiger partial charge in [0.05, 0.1) is 19.3 Å². The number of aliphatic hydroxyl groups excluding tert-OH is 2. The summed E-state index contributed by atoms with van der Waals surface area (Å²) in [6.45, 7) is 11.4. The van der Waals surface area contributed by atoms with E-state index in [4.69, 9.17) is 19.7 Å². The minimum Gasteiger partial charge on any atom is -0.460 e. The quantitative estimate of drug-likeness (QED) is 0.418. The highest BCUT2D eigenvalue weighted by Gasteiger charge is 2.23. The van der Waals surface area contributed by atoms with Crippen LogP contribution in [0.2, 0.25) is 0 Å². The fraction of sp³-hybridized carbons (Fsp3) is 0.769. The number of ether oxygens (including phenoxy) is 3. The van der Waals surface area contributed by atoms with E-state index < -0.39 is 6.10 Å². The number of aliphatic hydroxyl groups is 2. The summed E-state index contributed by atoms with van der Waals surface area (Å²) in [5, 5.41) is 16.0. The first-order chi connectivity index (χ1) is 9.01. The first-order valence-corrected chi connectivity index (χ1v) is 6.29. The van der Waals surface area contributed by atoms with Gasteiger partial charge in [-0.25, -0.2) is 4.79 Å². The molecule has 2 atom stereocenters. The lowest BCUT2D eigenvalue weighted by atomic mass is 10.5. The Morgan fingerprint density at radius 1 is 1.53 bits per heavy atom. The number of hydrogen-bond donors (Lipinski definition) is 2. The molecule has 0 radical (unpaired) electrons. The van der Waals surface area contributed by atoms with E-state index in [1.807, 2.05) is 13.8 Å². The zero-order chi connectivity index (χ0) is 15.1. The van der Waals surface area contributed by atoms with Gasteiger partial charge in [0.2, 0.25) is 0 Å². The van der Waals surface area contributed by atoms with Crippen molar-refractivity contribution in [1.82, 2.24) is 0 Å². The van der Waals surface area contributed by atoms with Gasteiger partial charge in [-0.2, -0.15) is 0 Å². The molecule has 1 rings (SSSR count). The van der Waals surface area contributed by atoms with Crippen molar-refractivity contribution >= 4 is 5.97 Å². The number of esters is 1. The third-order valence-corrected chi connectivity index (χ3v) is 1.65. The summed E-state index contributed by atoms with van der Waals surface area (Å²) in [7, 11) is 0. The molecular formula is C13H26O6. The lowest BCUT2D eigenvalue weighted by Gasteiger charge is -1.94. The maximum Gasteiger partial charge on any atom is 0.330 e. The van der Waals surface area contributed by atoms with Gasteiger partial charge < -0.3 is 24.4 Å². The molecule has 0 saturated carbocycles. The summed E-state index contributed by atoms with van der Waals surface area (Å²) < 4.78 is 14.3. The van der Waals surface area contributed by atoms with Crippen molar-refractivity contribution in [1.29, 1.82) is 0 Å². The molecule has 1 saturated heterocycles. The molecule has 1 heterocycles. The van der Waals surface area contributed by atoms with E-state index in [1.165, 1.54) is 6.92 Å². The minimum absolute atomic E-state index is 0.139. The predicted octanol–water partition coefficient (Wildman–Crippen LogP) is 0.517. The van der Waals surface area contributed by atoms with Gasteiger partial charge in [-0.15, -0.1) is 0 Å². The first-order valence-electron chi connectivity index (χ1n) is 6.29. The molecule has 0 aromatic carbocycles. The fourth-order valence-corrected chi connectivity index (χ4v) is 0.602. The van der Waals surface area contributed by atoms with Crippen LogP contribution in [-0.2, 0) is 19.0 Å². The number of epoxide rings is 1. The second-order valence-electron chi connectivity index (χ2n) is 3.60. The van der Waals surface area contributed by atoms with Crippen LogP contribution in [0, 0.1) is 0 Å². The average molecular weight is 278 g/mol. The lowest BCUT2D eigenvalue weighted by Crippen LogP contribution is -2.06. The topological polar surface area (TPSA) is 88.5 Å². The van der Waals surface area contributed by atoms with Crippen molar-refractivity contribution in [3.8, 4) is 0 Å². The maximum atomic E-state index is 10.3. The number of carbonyl (C=O) groups is 1. The van der Waals surface area contributed by atoms with E-state index >= 15 is 0 Å². The monoisotopic (exact) mass is 278 g/mol. The normalized spacial score (nSPS) is 17.0. The maximum absolute atomic E-state index is 10.3. The van der Waals surface area contributed by atoms with Gasteiger partial charge in [0.25, 0.3) is 0 Å². The van der Waals surface area contributed by atoms with Crippen LogP contribution in [0.1, 0.15) is 20.8 Å². The van der Waals surface area contributed by atoms with Gasteiger partial charge in [-0.05, 0) is 20.8 Å². The van der Waals surface area contributed by atoms with E-state index in [-0.39, 0.29) is 18.7 Å². The number of rotatable bonds is 6. The van der Waals surface area contributed by atoms with Crippen molar-refractivity contribution in [2.45, 2.75) is 33.0 Å². The van der Waals surface area contributed by atoms with Crippen LogP contribution in [0.25, 0.3) is 0 Å². The van der Waals surface area contributed by atoms with Crippen LogP contribution in [0.3, 0.4) is 0 Å². The van der Waals surface area contributed by atoms with E-state index in [1.54, 1.807) is 0 Å². The largest absolute Gasteiger partial charge is 0.460 e. The Hall–Kier alpha value is -0.950. The van der Waals surface area contributed by atoms with Gasteiger partial charge >= 0.3 is 5.97 Å². The highest BCUT2D eigenvalue weighted by Crippen LogP contribution is 2.08. The SMILES string of the molecule is C=CC(=O)OCC1CO1.CC(O)CO.CCOCC. The van der Waals surface area contributed by atoms with Gasteiger partial charge in [0, 0.05) is 19.3 Å². The van der Waals surface area contributed by atoms with Gasteiger partial charge in [0.1, 0.15) is 12.7 Å². The predicted molar refractivity (Wildman–Crippen MR) is 71.8 cm³/mol. The Balaban J connectivity index is 0. The summed E-state index contributed by atoms with van der Waals surface area (Å²) in [6.07, 6.45) is 0.728. The van der Waals surface area contributed by atoms with Crippen molar-refractivity contribution in [2.75, 3.05) is 33.0 Å². The van der Waals surface area contributed by atoms with Crippen LogP contribution in [0.15, 0.2) is 12.7 Å². The van der Waals surface area contributed by atoms with E-state index in [2.05, 4.69) is 11.3 Å². The molecule has 114 valence electrons. The van der Waals surface area contributed by atoms with Crippen molar-refractivity contribution in [3.63, 3.8) is 0 Å². The Labute approximate surface area is 115 Å². The summed E-state index contributed by atoms with van der Waals surface area (Å²) >= 11 is 0. The minimum atomic E-state index is -0.560. The molecule has 0 aromatic rings. The van der Waals surface area contributed by atoms with Crippen LogP contribution >= 0.6 is 0 Å². The average Bonchev–Trinajstić information content (AvgIpc) is 3.22. The van der Waals surface area contributed by atoms with Crippen LogP contribution in [-0.4, -0.2) is 61.4 Å². The van der Waals surface area contributed by atoms with E-state index in [0.29, 0.717) is 13.2 Å².